The van der Waals surface area contributed by atoms with Crippen molar-refractivity contribution in [3.63, 3.8) is 0 Å². The zero-order chi connectivity index (χ0) is 19.5. The van der Waals surface area contributed by atoms with Gasteiger partial charge in [-0.1, -0.05) is 18.2 Å². The van der Waals surface area contributed by atoms with E-state index in [4.69, 9.17) is 14.2 Å². The Morgan fingerprint density at radius 2 is 1.56 bits per heavy atom. The Hall–Kier alpha value is -2.89. The van der Waals surface area contributed by atoms with E-state index in [1.807, 2.05) is 30.3 Å². The molecule has 0 radical (unpaired) electrons. The predicted molar refractivity (Wildman–Crippen MR) is 109 cm³/mol. The van der Waals surface area contributed by atoms with Crippen LogP contribution in [0.5, 0.6) is 17.2 Å². The minimum absolute atomic E-state index is 0.554. The van der Waals surface area contributed by atoms with Gasteiger partial charge in [-0.2, -0.15) is 0 Å². The van der Waals surface area contributed by atoms with Crippen LogP contribution in [0, 0.1) is 0 Å². The van der Waals surface area contributed by atoms with E-state index in [1.165, 1.54) is 5.56 Å². The fourth-order valence-corrected chi connectivity index (χ4v) is 2.61. The van der Waals surface area contributed by atoms with Gasteiger partial charge in [0.25, 0.3) is 0 Å². The lowest BCUT2D eigenvalue weighted by Crippen LogP contribution is -2.38. The van der Waals surface area contributed by atoms with E-state index in [2.05, 4.69) is 34.7 Å². The number of benzene rings is 2. The van der Waals surface area contributed by atoms with Crippen molar-refractivity contribution in [3.8, 4) is 17.2 Å². The Balaban J connectivity index is 1.93. The first-order valence-corrected chi connectivity index (χ1v) is 9.06. The van der Waals surface area contributed by atoms with E-state index < -0.39 is 0 Å². The smallest absolute Gasteiger partial charge is 0.191 e. The number of hydrogen-bond acceptors (Lipinski definition) is 4. The normalized spacial score (nSPS) is 11.0. The molecule has 2 N–H and O–H groups in total. The molecule has 0 saturated carbocycles. The lowest BCUT2D eigenvalue weighted by atomic mass is 10.1. The third-order valence-corrected chi connectivity index (χ3v) is 4.08. The zero-order valence-corrected chi connectivity index (χ0v) is 16.5. The van der Waals surface area contributed by atoms with E-state index in [0.29, 0.717) is 12.3 Å². The number of ether oxygens (including phenoxy) is 3. The van der Waals surface area contributed by atoms with Gasteiger partial charge in [0, 0.05) is 13.1 Å². The van der Waals surface area contributed by atoms with E-state index in [0.717, 1.165) is 42.5 Å². The monoisotopic (exact) mass is 371 g/mol. The lowest BCUT2D eigenvalue weighted by molar-refractivity contribution is 0.354. The second-order valence-electron chi connectivity index (χ2n) is 5.91. The summed E-state index contributed by atoms with van der Waals surface area (Å²) in [5, 5.41) is 6.64. The molecule has 0 aliphatic carbocycles. The Morgan fingerprint density at radius 3 is 2.19 bits per heavy atom. The molecule has 146 valence electrons. The van der Waals surface area contributed by atoms with Crippen molar-refractivity contribution in [2.75, 3.05) is 34.4 Å². The van der Waals surface area contributed by atoms with Gasteiger partial charge in [-0.05, 0) is 48.7 Å². The number of nitrogens with zero attached hydrogens (tertiary/aromatic N) is 1. The maximum atomic E-state index is 5.35. The summed E-state index contributed by atoms with van der Waals surface area (Å²) >= 11 is 0. The highest BCUT2D eigenvalue weighted by atomic mass is 16.5. The molecular formula is C21H29N3O3. The summed E-state index contributed by atoms with van der Waals surface area (Å²) in [6, 6.07) is 13.9. The van der Waals surface area contributed by atoms with Crippen molar-refractivity contribution in [2.45, 2.75) is 19.9 Å². The third-order valence-electron chi connectivity index (χ3n) is 4.08. The summed E-state index contributed by atoms with van der Waals surface area (Å²) in [7, 11) is 4.94. The van der Waals surface area contributed by atoms with Gasteiger partial charge in [0.05, 0.1) is 27.9 Å². The minimum Gasteiger partial charge on any atom is -0.497 e. The molecule has 0 spiro atoms. The van der Waals surface area contributed by atoms with Gasteiger partial charge in [-0.15, -0.1) is 0 Å². The SMILES string of the molecule is CCNC(=NCc1ccc(OC)c(OC)c1)NCCc1ccc(OC)cc1. The summed E-state index contributed by atoms with van der Waals surface area (Å²) in [5.41, 5.74) is 2.30. The molecule has 0 atom stereocenters. The summed E-state index contributed by atoms with van der Waals surface area (Å²) < 4.78 is 15.8. The van der Waals surface area contributed by atoms with Crippen LogP contribution in [0.25, 0.3) is 0 Å². The van der Waals surface area contributed by atoms with Crippen molar-refractivity contribution >= 4 is 5.96 Å². The zero-order valence-electron chi connectivity index (χ0n) is 16.5. The largest absolute Gasteiger partial charge is 0.497 e. The van der Waals surface area contributed by atoms with Crippen molar-refractivity contribution in [3.05, 3.63) is 53.6 Å². The summed E-state index contributed by atoms with van der Waals surface area (Å²) in [5.74, 6) is 3.09. The molecule has 6 heteroatoms. The van der Waals surface area contributed by atoms with Gasteiger partial charge < -0.3 is 24.8 Å². The fourth-order valence-electron chi connectivity index (χ4n) is 2.61. The van der Waals surface area contributed by atoms with Crippen LogP contribution in [0.3, 0.4) is 0 Å². The molecule has 27 heavy (non-hydrogen) atoms. The third kappa shape index (κ3) is 6.40. The van der Waals surface area contributed by atoms with Crippen LogP contribution in [-0.4, -0.2) is 40.4 Å². The molecule has 2 aromatic rings. The Bertz CT molecular complexity index is 730. The number of guanidine groups is 1. The second kappa shape index (κ2) is 11.0. The first-order chi connectivity index (χ1) is 13.2. The van der Waals surface area contributed by atoms with Gasteiger partial charge >= 0.3 is 0 Å². The molecule has 0 heterocycles. The minimum atomic E-state index is 0.554. The molecule has 0 saturated heterocycles. The van der Waals surface area contributed by atoms with Crippen LogP contribution < -0.4 is 24.8 Å². The number of aliphatic imine (C=N–C) groups is 1. The molecule has 2 rings (SSSR count). The van der Waals surface area contributed by atoms with E-state index in [-0.39, 0.29) is 0 Å². The molecular weight excluding hydrogens is 342 g/mol. The van der Waals surface area contributed by atoms with E-state index in [1.54, 1.807) is 21.3 Å². The van der Waals surface area contributed by atoms with Crippen molar-refractivity contribution in [1.82, 2.24) is 10.6 Å². The van der Waals surface area contributed by atoms with Crippen LogP contribution in [0.15, 0.2) is 47.5 Å². The molecule has 2 aromatic carbocycles. The molecule has 0 amide bonds. The van der Waals surface area contributed by atoms with E-state index >= 15 is 0 Å². The van der Waals surface area contributed by atoms with Crippen LogP contribution in [-0.2, 0) is 13.0 Å². The van der Waals surface area contributed by atoms with Gasteiger partial charge in [0.15, 0.2) is 17.5 Å². The fraction of sp³-hybridized carbons (Fsp3) is 0.381. The van der Waals surface area contributed by atoms with Gasteiger partial charge in [-0.25, -0.2) is 4.99 Å². The molecule has 6 nitrogen and oxygen atoms in total. The van der Waals surface area contributed by atoms with Crippen molar-refractivity contribution < 1.29 is 14.2 Å². The Kier molecular flexibility index (Phi) is 8.29. The van der Waals surface area contributed by atoms with Gasteiger partial charge in [0.2, 0.25) is 0 Å². The first kappa shape index (κ1) is 20.4. The number of methoxy groups -OCH3 is 3. The maximum Gasteiger partial charge on any atom is 0.191 e. The van der Waals surface area contributed by atoms with Gasteiger partial charge in [-0.3, -0.25) is 0 Å². The van der Waals surface area contributed by atoms with E-state index in [9.17, 15) is 0 Å². The number of nitrogens with one attached hydrogen (secondary N) is 2. The standard InChI is InChI=1S/C21H29N3O3/c1-5-22-21(23-13-12-16-6-9-18(25-2)10-7-16)24-15-17-8-11-19(26-3)20(14-17)27-4/h6-11,14H,5,12-13,15H2,1-4H3,(H2,22,23,24). The molecule has 0 fully saturated rings. The quantitative estimate of drug-likeness (QED) is 0.524. The number of hydrogen-bond donors (Lipinski definition) is 2. The average Bonchev–Trinajstić information content (AvgIpc) is 2.72. The van der Waals surface area contributed by atoms with Crippen LogP contribution in [0.4, 0.5) is 0 Å². The topological polar surface area (TPSA) is 64.1 Å². The van der Waals surface area contributed by atoms with Crippen molar-refractivity contribution in [1.29, 1.82) is 0 Å². The number of rotatable bonds is 9. The molecule has 0 unspecified atom stereocenters. The van der Waals surface area contributed by atoms with Crippen molar-refractivity contribution in [2.24, 2.45) is 4.99 Å². The van der Waals surface area contributed by atoms with Crippen LogP contribution >= 0.6 is 0 Å². The first-order valence-electron chi connectivity index (χ1n) is 9.06. The molecule has 0 aliphatic rings. The van der Waals surface area contributed by atoms with Crippen LogP contribution in [0.1, 0.15) is 18.1 Å². The van der Waals surface area contributed by atoms with Crippen LogP contribution in [0.2, 0.25) is 0 Å². The molecule has 0 aliphatic heterocycles. The summed E-state index contributed by atoms with van der Waals surface area (Å²) in [4.78, 5) is 4.65. The highest BCUT2D eigenvalue weighted by molar-refractivity contribution is 5.79. The van der Waals surface area contributed by atoms with Gasteiger partial charge in [0.1, 0.15) is 5.75 Å². The molecule has 0 bridgehead atoms. The highest BCUT2D eigenvalue weighted by Crippen LogP contribution is 2.27. The Morgan fingerprint density at radius 1 is 0.852 bits per heavy atom. The molecule has 0 aromatic heterocycles. The Labute approximate surface area is 161 Å². The summed E-state index contributed by atoms with van der Waals surface area (Å²) in [6.07, 6.45) is 0.908. The highest BCUT2D eigenvalue weighted by Gasteiger charge is 2.05. The lowest BCUT2D eigenvalue weighted by Gasteiger charge is -2.12. The second-order valence-corrected chi connectivity index (χ2v) is 5.91. The maximum absolute atomic E-state index is 5.35. The average molecular weight is 371 g/mol. The summed E-state index contributed by atoms with van der Waals surface area (Å²) in [6.45, 7) is 4.21. The predicted octanol–water partition coefficient (Wildman–Crippen LogP) is 3.01.